The molecule has 3 aromatic rings. The van der Waals surface area contributed by atoms with Crippen LogP contribution in [0.15, 0.2) is 45.7 Å². The Hall–Kier alpha value is -2.56. The van der Waals surface area contributed by atoms with Crippen molar-refractivity contribution in [2.75, 3.05) is 5.73 Å². The lowest BCUT2D eigenvalue weighted by molar-refractivity contribution is 0.432. The van der Waals surface area contributed by atoms with Gasteiger partial charge in [-0.15, -0.1) is 0 Å². The maximum absolute atomic E-state index is 5.85. The van der Waals surface area contributed by atoms with Crippen molar-refractivity contribution in [3.05, 3.63) is 42.4 Å². The number of nitrogens with two attached hydrogens (primary N) is 1. The molecule has 2 N–H and O–H groups in total. The Morgan fingerprint density at radius 3 is 2.78 bits per heavy atom. The summed E-state index contributed by atoms with van der Waals surface area (Å²) in [5, 5.41) is 3.90. The van der Waals surface area contributed by atoms with Gasteiger partial charge >= 0.3 is 0 Å². The average molecular weight is 241 g/mol. The van der Waals surface area contributed by atoms with E-state index in [2.05, 4.69) is 10.1 Å². The van der Waals surface area contributed by atoms with Crippen molar-refractivity contribution in [3.63, 3.8) is 0 Å². The molecule has 0 fully saturated rings. The molecule has 0 saturated carbocycles. The molecule has 3 rings (SSSR count). The van der Waals surface area contributed by atoms with Gasteiger partial charge in [0.15, 0.2) is 0 Å². The fourth-order valence-corrected chi connectivity index (χ4v) is 1.62. The normalized spacial score (nSPS) is 10.7. The van der Waals surface area contributed by atoms with Gasteiger partial charge in [0.1, 0.15) is 6.26 Å². The number of rotatable bonds is 2. The van der Waals surface area contributed by atoms with E-state index >= 15 is 0 Å². The first-order chi connectivity index (χ1) is 8.74. The third-order valence-corrected chi connectivity index (χ3v) is 2.73. The zero-order valence-corrected chi connectivity index (χ0v) is 9.75. The molecule has 1 aromatic carbocycles. The highest BCUT2D eigenvalue weighted by atomic mass is 16.5. The fourth-order valence-electron chi connectivity index (χ4n) is 1.62. The van der Waals surface area contributed by atoms with E-state index in [4.69, 9.17) is 14.7 Å². The summed E-state index contributed by atoms with van der Waals surface area (Å²) in [6.45, 7) is 1.95. The largest absolute Gasteiger partial charge is 0.472 e. The fraction of sp³-hybridized carbons (Fsp3) is 0.0769. The molecule has 90 valence electrons. The lowest BCUT2D eigenvalue weighted by Crippen LogP contribution is -1.89. The molecule has 0 radical (unpaired) electrons. The second-order valence-electron chi connectivity index (χ2n) is 4.01. The summed E-state index contributed by atoms with van der Waals surface area (Å²) in [5.41, 5.74) is 9.17. The maximum Gasteiger partial charge on any atom is 0.258 e. The first kappa shape index (κ1) is 10.6. The SMILES string of the molecule is Cc1ccc(-c2nc(-c3ccoc3)no2)cc1N. The molecule has 0 amide bonds. The molecule has 0 spiro atoms. The summed E-state index contributed by atoms with van der Waals surface area (Å²) >= 11 is 0. The van der Waals surface area contributed by atoms with Crippen LogP contribution >= 0.6 is 0 Å². The van der Waals surface area contributed by atoms with Gasteiger partial charge in [-0.05, 0) is 30.7 Å². The molecule has 2 aromatic heterocycles. The van der Waals surface area contributed by atoms with E-state index in [0.29, 0.717) is 17.4 Å². The van der Waals surface area contributed by atoms with Crippen LogP contribution in [0.2, 0.25) is 0 Å². The van der Waals surface area contributed by atoms with E-state index in [-0.39, 0.29) is 0 Å². The van der Waals surface area contributed by atoms with Crippen LogP contribution in [0.4, 0.5) is 5.69 Å². The second kappa shape index (κ2) is 4.03. The van der Waals surface area contributed by atoms with Crippen LogP contribution in [-0.4, -0.2) is 10.1 Å². The van der Waals surface area contributed by atoms with E-state index in [1.165, 1.54) is 0 Å². The smallest absolute Gasteiger partial charge is 0.258 e. The third-order valence-electron chi connectivity index (χ3n) is 2.73. The summed E-state index contributed by atoms with van der Waals surface area (Å²) in [7, 11) is 0. The monoisotopic (exact) mass is 241 g/mol. The van der Waals surface area contributed by atoms with Crippen LogP contribution in [0.3, 0.4) is 0 Å². The predicted molar refractivity (Wildman–Crippen MR) is 66.6 cm³/mol. The number of hydrogen-bond donors (Lipinski definition) is 1. The predicted octanol–water partition coefficient (Wildman–Crippen LogP) is 2.89. The maximum atomic E-state index is 5.85. The number of aromatic nitrogens is 2. The van der Waals surface area contributed by atoms with Crippen LogP contribution in [0.1, 0.15) is 5.56 Å². The van der Waals surface area contributed by atoms with Gasteiger partial charge in [0.05, 0.1) is 11.8 Å². The standard InChI is InChI=1S/C13H11N3O2/c1-8-2-3-9(6-11(8)14)13-15-12(16-18-13)10-4-5-17-7-10/h2-7H,14H2,1H3. The highest BCUT2D eigenvalue weighted by molar-refractivity contribution is 5.64. The van der Waals surface area contributed by atoms with Crippen LogP contribution in [0.25, 0.3) is 22.8 Å². The van der Waals surface area contributed by atoms with Gasteiger partial charge < -0.3 is 14.7 Å². The van der Waals surface area contributed by atoms with E-state index < -0.39 is 0 Å². The van der Waals surface area contributed by atoms with Crippen molar-refractivity contribution < 1.29 is 8.94 Å². The van der Waals surface area contributed by atoms with Crippen molar-refractivity contribution in [1.82, 2.24) is 10.1 Å². The lowest BCUT2D eigenvalue weighted by atomic mass is 10.1. The molecule has 0 atom stereocenters. The van der Waals surface area contributed by atoms with Crippen molar-refractivity contribution in [2.24, 2.45) is 0 Å². The van der Waals surface area contributed by atoms with Crippen LogP contribution in [0.5, 0.6) is 0 Å². The third kappa shape index (κ3) is 1.75. The molecule has 5 nitrogen and oxygen atoms in total. The van der Waals surface area contributed by atoms with E-state index in [1.807, 2.05) is 25.1 Å². The number of furan rings is 1. The molecule has 0 aliphatic heterocycles. The molecule has 18 heavy (non-hydrogen) atoms. The Balaban J connectivity index is 2.00. The minimum absolute atomic E-state index is 0.443. The van der Waals surface area contributed by atoms with Crippen LogP contribution < -0.4 is 5.73 Å². The van der Waals surface area contributed by atoms with Crippen LogP contribution in [0, 0.1) is 6.92 Å². The van der Waals surface area contributed by atoms with Gasteiger partial charge in [-0.25, -0.2) is 0 Å². The number of anilines is 1. The van der Waals surface area contributed by atoms with Gasteiger partial charge in [0.2, 0.25) is 5.82 Å². The minimum Gasteiger partial charge on any atom is -0.472 e. The Bertz CT molecular complexity index is 671. The summed E-state index contributed by atoms with van der Waals surface area (Å²) < 4.78 is 10.2. The topological polar surface area (TPSA) is 78.1 Å². The quantitative estimate of drug-likeness (QED) is 0.698. The number of aryl methyl sites for hydroxylation is 1. The summed E-state index contributed by atoms with van der Waals surface area (Å²) in [4.78, 5) is 4.30. The zero-order chi connectivity index (χ0) is 12.5. The molecule has 0 saturated heterocycles. The molecule has 0 unspecified atom stereocenters. The van der Waals surface area contributed by atoms with Crippen molar-refractivity contribution in [1.29, 1.82) is 0 Å². The number of benzene rings is 1. The molecule has 0 aliphatic rings. The summed E-state index contributed by atoms with van der Waals surface area (Å²) in [6, 6.07) is 7.42. The number of nitrogens with zero attached hydrogens (tertiary/aromatic N) is 2. The molecule has 0 aliphatic carbocycles. The molecular formula is C13H11N3O2. The minimum atomic E-state index is 0.443. The van der Waals surface area contributed by atoms with Gasteiger partial charge in [0, 0.05) is 11.3 Å². The molecule has 5 heteroatoms. The zero-order valence-electron chi connectivity index (χ0n) is 9.75. The van der Waals surface area contributed by atoms with Gasteiger partial charge in [0.25, 0.3) is 5.89 Å². The van der Waals surface area contributed by atoms with Gasteiger partial charge in [-0.1, -0.05) is 11.2 Å². The van der Waals surface area contributed by atoms with Gasteiger partial charge in [-0.3, -0.25) is 0 Å². The molecule has 0 bridgehead atoms. The number of nitrogen functional groups attached to an aromatic ring is 1. The first-order valence-electron chi connectivity index (χ1n) is 5.47. The molecule has 2 heterocycles. The summed E-state index contributed by atoms with van der Waals surface area (Å²) in [6.07, 6.45) is 3.13. The van der Waals surface area contributed by atoms with Crippen LogP contribution in [-0.2, 0) is 0 Å². The average Bonchev–Trinajstić information content (AvgIpc) is 3.01. The Morgan fingerprint density at radius 2 is 2.06 bits per heavy atom. The second-order valence-corrected chi connectivity index (χ2v) is 4.01. The Morgan fingerprint density at radius 1 is 1.17 bits per heavy atom. The Kier molecular flexibility index (Phi) is 2.37. The van der Waals surface area contributed by atoms with E-state index in [1.54, 1.807) is 18.6 Å². The van der Waals surface area contributed by atoms with Crippen molar-refractivity contribution >= 4 is 5.69 Å². The number of hydrogen-bond acceptors (Lipinski definition) is 5. The van der Waals surface area contributed by atoms with Gasteiger partial charge in [-0.2, -0.15) is 4.98 Å². The first-order valence-corrected chi connectivity index (χ1v) is 5.47. The highest BCUT2D eigenvalue weighted by Crippen LogP contribution is 2.25. The van der Waals surface area contributed by atoms with E-state index in [0.717, 1.165) is 16.7 Å². The van der Waals surface area contributed by atoms with Crippen molar-refractivity contribution in [3.8, 4) is 22.8 Å². The Labute approximate surface area is 103 Å². The molecular weight excluding hydrogens is 230 g/mol. The lowest BCUT2D eigenvalue weighted by Gasteiger charge is -2.00. The van der Waals surface area contributed by atoms with E-state index in [9.17, 15) is 0 Å². The van der Waals surface area contributed by atoms with Crippen molar-refractivity contribution in [2.45, 2.75) is 6.92 Å². The summed E-state index contributed by atoms with van der Waals surface area (Å²) in [5.74, 6) is 0.941. The highest BCUT2D eigenvalue weighted by Gasteiger charge is 2.11.